The summed E-state index contributed by atoms with van der Waals surface area (Å²) in [6, 6.07) is 0. The number of ether oxygens (including phenoxy) is 1. The van der Waals surface area contributed by atoms with Crippen LogP contribution < -0.4 is 0 Å². The average Bonchev–Trinajstić information content (AvgIpc) is 2.26. The number of fused-ring (bicyclic) bond motifs is 1. The van der Waals surface area contributed by atoms with E-state index in [4.69, 9.17) is 0 Å². The predicted octanol–water partition coefficient (Wildman–Crippen LogP) is 2.86. The fourth-order valence-electron chi connectivity index (χ4n) is 1.66. The van der Waals surface area contributed by atoms with Gasteiger partial charge in [0.25, 0.3) is 0 Å². The van der Waals surface area contributed by atoms with Gasteiger partial charge in [0.15, 0.2) is 5.78 Å². The molecule has 2 aliphatic rings. The monoisotopic (exact) mass is 297 g/mol. The third-order valence-electron chi connectivity index (χ3n) is 2.42. The molecule has 0 saturated carbocycles. The number of alkyl halides is 6. The van der Waals surface area contributed by atoms with Crippen LogP contribution in [0.4, 0.5) is 26.3 Å². The van der Waals surface area contributed by atoms with Crippen molar-refractivity contribution in [2.45, 2.75) is 18.6 Å². The van der Waals surface area contributed by atoms with Crippen molar-refractivity contribution in [1.29, 1.82) is 0 Å². The molecule has 0 spiro atoms. The molecule has 108 valence electrons. The summed E-state index contributed by atoms with van der Waals surface area (Å²) in [5.74, 6) is -1.07. The number of halogens is 6. The molecule has 0 aromatic rings. The maximum Gasteiger partial charge on any atom is 0.523 e. The van der Waals surface area contributed by atoms with Gasteiger partial charge < -0.3 is 0 Å². The van der Waals surface area contributed by atoms with Gasteiger partial charge in [0.1, 0.15) is 11.8 Å². The molecule has 9 heteroatoms. The quantitative estimate of drug-likeness (QED) is 0.698. The minimum absolute atomic E-state index is 0.235. The van der Waals surface area contributed by atoms with Gasteiger partial charge in [-0.15, -0.1) is 13.2 Å². The topological polar surface area (TPSA) is 38.7 Å². The van der Waals surface area contributed by atoms with Crippen LogP contribution in [0.2, 0.25) is 0 Å². The van der Waals surface area contributed by atoms with Crippen molar-refractivity contribution < 1.29 is 35.9 Å². The Morgan fingerprint density at radius 3 is 2.35 bits per heavy atom. The molecule has 1 aliphatic heterocycles. The zero-order valence-corrected chi connectivity index (χ0v) is 9.42. The van der Waals surface area contributed by atoms with Crippen molar-refractivity contribution in [1.82, 2.24) is 0 Å². The smallest absolute Gasteiger partial charge is 0.289 e. The Bertz CT molecular complexity index is 564. The van der Waals surface area contributed by atoms with Crippen molar-refractivity contribution in [2.75, 3.05) is 0 Å². The summed E-state index contributed by atoms with van der Waals surface area (Å²) in [4.78, 5) is 14.6. The van der Waals surface area contributed by atoms with Crippen LogP contribution in [0.25, 0.3) is 0 Å². The fourth-order valence-corrected chi connectivity index (χ4v) is 1.66. The van der Waals surface area contributed by atoms with E-state index >= 15 is 0 Å². The van der Waals surface area contributed by atoms with Crippen LogP contribution >= 0.6 is 0 Å². The lowest BCUT2D eigenvalue weighted by molar-refractivity contribution is -0.328. The number of hydrogen-bond donors (Lipinski definition) is 0. The molecule has 1 aliphatic carbocycles. The molecule has 1 heterocycles. The molecular weight excluding hydrogens is 292 g/mol. The summed E-state index contributed by atoms with van der Waals surface area (Å²) in [5.41, 5.74) is -2.61. The third kappa shape index (κ3) is 2.98. The van der Waals surface area contributed by atoms with E-state index in [2.05, 4.69) is 9.73 Å². The van der Waals surface area contributed by atoms with Crippen LogP contribution in [0.15, 0.2) is 40.6 Å². The first-order valence-corrected chi connectivity index (χ1v) is 5.13. The van der Waals surface area contributed by atoms with E-state index in [1.165, 1.54) is 0 Å². The van der Waals surface area contributed by atoms with Gasteiger partial charge in [0.05, 0.1) is 5.71 Å². The van der Waals surface area contributed by atoms with Gasteiger partial charge in [-0.05, 0) is 12.2 Å². The van der Waals surface area contributed by atoms with E-state index < -0.39 is 35.8 Å². The highest BCUT2D eigenvalue weighted by molar-refractivity contribution is 6.30. The maximum atomic E-state index is 12.5. The summed E-state index contributed by atoms with van der Waals surface area (Å²) in [6.07, 6.45) is -8.61. The first kappa shape index (κ1) is 14.5. The molecule has 20 heavy (non-hydrogen) atoms. The predicted molar refractivity (Wildman–Crippen MR) is 54.7 cm³/mol. The summed E-state index contributed by atoms with van der Waals surface area (Å²) in [7, 11) is 0. The van der Waals surface area contributed by atoms with E-state index in [0.29, 0.717) is 0 Å². The molecule has 1 unspecified atom stereocenters. The second kappa shape index (κ2) is 4.58. The number of carbonyl (C=O) groups excluding carboxylic acids is 1. The number of aliphatic imine (C=N–C) groups is 1. The highest BCUT2D eigenvalue weighted by Gasteiger charge is 2.42. The van der Waals surface area contributed by atoms with Crippen molar-refractivity contribution in [3.63, 3.8) is 0 Å². The van der Waals surface area contributed by atoms with Crippen LogP contribution in [-0.2, 0) is 9.53 Å². The van der Waals surface area contributed by atoms with Crippen LogP contribution in [0.3, 0.4) is 0 Å². The van der Waals surface area contributed by atoms with Crippen molar-refractivity contribution in [3.05, 3.63) is 35.6 Å². The molecule has 0 N–H and O–H groups in total. The molecule has 0 saturated heterocycles. The maximum absolute atomic E-state index is 12.5. The van der Waals surface area contributed by atoms with Crippen molar-refractivity contribution >= 4 is 11.5 Å². The van der Waals surface area contributed by atoms with E-state index in [0.717, 1.165) is 18.2 Å². The molecule has 0 bridgehead atoms. The van der Waals surface area contributed by atoms with Crippen LogP contribution in [-0.4, -0.2) is 30.1 Å². The Morgan fingerprint density at radius 2 is 1.80 bits per heavy atom. The van der Waals surface area contributed by atoms with E-state index in [-0.39, 0.29) is 11.6 Å². The fraction of sp³-hybridized carbons (Fsp3) is 0.273. The minimum Gasteiger partial charge on any atom is -0.289 e. The lowest BCUT2D eigenvalue weighted by Crippen LogP contribution is -2.36. The number of nitrogens with zero attached hydrogens (tertiary/aromatic N) is 1. The van der Waals surface area contributed by atoms with Crippen molar-refractivity contribution in [3.8, 4) is 0 Å². The Balaban J connectivity index is 2.41. The second-order valence-corrected chi connectivity index (χ2v) is 3.84. The molecule has 1 atom stereocenters. The second-order valence-electron chi connectivity index (χ2n) is 3.84. The summed E-state index contributed by atoms with van der Waals surface area (Å²) >= 11 is 0. The molecular formula is C11H5F6NO2. The highest BCUT2D eigenvalue weighted by Crippen LogP contribution is 2.33. The molecule has 3 nitrogen and oxygen atoms in total. The highest BCUT2D eigenvalue weighted by atomic mass is 19.4. The van der Waals surface area contributed by atoms with Gasteiger partial charge >= 0.3 is 12.5 Å². The first-order valence-electron chi connectivity index (χ1n) is 5.13. The largest absolute Gasteiger partial charge is 0.523 e. The normalized spacial score (nSPS) is 23.0. The standard InChI is InChI=1S/C11H5F6NO2/c12-10(13,14)8-4-6(19)5-2-1-3-7(9(5)18-8)20-11(15,16)17/h1-4,7H. The van der Waals surface area contributed by atoms with E-state index in [1.807, 2.05) is 0 Å². The third-order valence-corrected chi connectivity index (χ3v) is 2.42. The zero-order chi connectivity index (χ0) is 15.1. The number of allylic oxidation sites excluding steroid dienone is 4. The summed E-state index contributed by atoms with van der Waals surface area (Å²) < 4.78 is 77.7. The SMILES string of the molecule is O=C1C=C(C(F)(F)F)N=C2C1=CC=CC2OC(F)(F)F. The van der Waals surface area contributed by atoms with Gasteiger partial charge in [-0.3, -0.25) is 9.53 Å². The van der Waals surface area contributed by atoms with Crippen LogP contribution in [0.5, 0.6) is 0 Å². The number of rotatable bonds is 1. The lowest BCUT2D eigenvalue weighted by atomic mass is 9.93. The Morgan fingerprint density at radius 1 is 1.15 bits per heavy atom. The number of hydrogen-bond acceptors (Lipinski definition) is 3. The first-order chi connectivity index (χ1) is 9.08. The molecule has 2 rings (SSSR count). The lowest BCUT2D eigenvalue weighted by Gasteiger charge is -2.24. The van der Waals surface area contributed by atoms with Gasteiger partial charge in [0.2, 0.25) is 0 Å². The van der Waals surface area contributed by atoms with Gasteiger partial charge in [-0.2, -0.15) is 13.2 Å². The molecule has 0 aromatic heterocycles. The van der Waals surface area contributed by atoms with Gasteiger partial charge in [0, 0.05) is 11.6 Å². The van der Waals surface area contributed by atoms with Gasteiger partial charge in [-0.1, -0.05) is 6.08 Å². The number of ketones is 1. The van der Waals surface area contributed by atoms with Crippen LogP contribution in [0, 0.1) is 0 Å². The molecule has 0 fully saturated rings. The zero-order valence-electron chi connectivity index (χ0n) is 9.42. The Kier molecular flexibility index (Phi) is 3.32. The average molecular weight is 297 g/mol. The van der Waals surface area contributed by atoms with Crippen LogP contribution in [0.1, 0.15) is 0 Å². The number of carbonyl (C=O) groups is 1. The molecule has 0 amide bonds. The minimum atomic E-state index is -5.07. The Hall–Kier alpha value is -1.90. The Labute approximate surface area is 107 Å². The van der Waals surface area contributed by atoms with E-state index in [9.17, 15) is 31.1 Å². The van der Waals surface area contributed by atoms with Crippen molar-refractivity contribution in [2.24, 2.45) is 4.99 Å². The van der Waals surface area contributed by atoms with E-state index in [1.54, 1.807) is 0 Å². The summed E-state index contributed by atoms with van der Waals surface area (Å²) in [6.45, 7) is 0. The molecule has 0 aromatic carbocycles. The molecule has 0 radical (unpaired) electrons. The van der Waals surface area contributed by atoms with Gasteiger partial charge in [-0.25, -0.2) is 4.99 Å². The summed E-state index contributed by atoms with van der Waals surface area (Å²) in [5, 5.41) is 0.